The standard InChI is InChI=1S/C11H12N2O/c1-2-7-14-10-8-5-3-4-6-9(8)13-11(10)12/h3-6,12H,2,7H2,1H3. The molecule has 0 radical (unpaired) electrons. The lowest BCUT2D eigenvalue weighted by Crippen LogP contribution is -2.23. The van der Waals surface area contributed by atoms with Crippen LogP contribution in [0.1, 0.15) is 13.3 Å². The molecule has 1 aliphatic heterocycles. The minimum atomic E-state index is 0.236. The molecule has 72 valence electrons. The van der Waals surface area contributed by atoms with Crippen molar-refractivity contribution in [3.05, 3.63) is 34.8 Å². The minimum Gasteiger partial charge on any atom is -0.489 e. The topological polar surface area (TPSA) is 45.4 Å². The second kappa shape index (κ2) is 3.62. The summed E-state index contributed by atoms with van der Waals surface area (Å²) in [6.07, 6.45) is 0.943. The van der Waals surface area contributed by atoms with Crippen LogP contribution in [0.25, 0.3) is 5.76 Å². The summed E-state index contributed by atoms with van der Waals surface area (Å²) >= 11 is 0. The van der Waals surface area contributed by atoms with Gasteiger partial charge in [0.15, 0.2) is 11.6 Å². The van der Waals surface area contributed by atoms with Crippen LogP contribution < -0.4 is 10.6 Å². The predicted octanol–water partition coefficient (Wildman–Crippen LogP) is 0.832. The molecule has 3 nitrogen and oxygen atoms in total. The van der Waals surface area contributed by atoms with Crippen LogP contribution in [0.2, 0.25) is 0 Å². The second-order valence-electron chi connectivity index (χ2n) is 3.16. The summed E-state index contributed by atoms with van der Waals surface area (Å²) in [4.78, 5) is 4.11. The number of rotatable bonds is 3. The maximum absolute atomic E-state index is 7.64. The van der Waals surface area contributed by atoms with Crippen molar-refractivity contribution in [2.45, 2.75) is 13.3 Å². The lowest BCUT2D eigenvalue weighted by atomic mass is 10.3. The monoisotopic (exact) mass is 188 g/mol. The highest BCUT2D eigenvalue weighted by Crippen LogP contribution is 2.03. The first-order valence-electron chi connectivity index (χ1n) is 4.72. The van der Waals surface area contributed by atoms with E-state index in [1.54, 1.807) is 0 Å². The third kappa shape index (κ3) is 1.41. The van der Waals surface area contributed by atoms with Crippen LogP contribution in [0.3, 0.4) is 0 Å². The zero-order chi connectivity index (χ0) is 9.97. The summed E-state index contributed by atoms with van der Waals surface area (Å²) in [7, 11) is 0. The second-order valence-corrected chi connectivity index (χ2v) is 3.16. The number of fused-ring (bicyclic) bond motifs is 1. The lowest BCUT2D eigenvalue weighted by molar-refractivity contribution is 0.281. The first kappa shape index (κ1) is 8.94. The van der Waals surface area contributed by atoms with Gasteiger partial charge < -0.3 is 4.74 Å². The molecule has 1 aromatic carbocycles. The van der Waals surface area contributed by atoms with Crippen molar-refractivity contribution in [2.24, 2.45) is 4.99 Å². The highest BCUT2D eigenvalue weighted by Gasteiger charge is 2.12. The first-order valence-corrected chi connectivity index (χ1v) is 4.72. The minimum absolute atomic E-state index is 0.236. The molecular formula is C11H12N2O. The van der Waals surface area contributed by atoms with Gasteiger partial charge in [-0.25, -0.2) is 4.99 Å². The van der Waals surface area contributed by atoms with Crippen LogP contribution >= 0.6 is 0 Å². The van der Waals surface area contributed by atoms with Gasteiger partial charge in [-0.3, -0.25) is 5.41 Å². The molecule has 1 aromatic rings. The van der Waals surface area contributed by atoms with E-state index in [0.29, 0.717) is 12.4 Å². The molecule has 1 aliphatic rings. The van der Waals surface area contributed by atoms with Crippen molar-refractivity contribution in [3.8, 4) is 0 Å². The molecule has 0 atom stereocenters. The van der Waals surface area contributed by atoms with Gasteiger partial charge in [-0.15, -0.1) is 0 Å². The van der Waals surface area contributed by atoms with E-state index in [0.717, 1.165) is 17.0 Å². The SMILES string of the molecule is CCCOC1=c2ccccc2=NC1=N. The normalized spacial score (nSPS) is 13.8. The van der Waals surface area contributed by atoms with Crippen LogP contribution in [0, 0.1) is 5.41 Å². The van der Waals surface area contributed by atoms with Crippen molar-refractivity contribution >= 4 is 11.6 Å². The van der Waals surface area contributed by atoms with Gasteiger partial charge in [0.1, 0.15) is 0 Å². The zero-order valence-corrected chi connectivity index (χ0v) is 8.08. The Hall–Kier alpha value is -1.64. The number of nitrogens with zero attached hydrogens (tertiary/aromatic N) is 1. The molecule has 0 saturated carbocycles. The van der Waals surface area contributed by atoms with Crippen molar-refractivity contribution in [2.75, 3.05) is 6.61 Å². The quantitative estimate of drug-likeness (QED) is 0.750. The van der Waals surface area contributed by atoms with E-state index in [4.69, 9.17) is 10.1 Å². The van der Waals surface area contributed by atoms with E-state index in [2.05, 4.69) is 4.99 Å². The first-order chi connectivity index (χ1) is 6.83. The Bertz CT molecular complexity index is 476. The molecule has 0 amide bonds. The molecule has 0 aliphatic carbocycles. The molecule has 0 aromatic heterocycles. The van der Waals surface area contributed by atoms with E-state index in [9.17, 15) is 0 Å². The molecule has 14 heavy (non-hydrogen) atoms. The summed E-state index contributed by atoms with van der Waals surface area (Å²) in [6.45, 7) is 2.68. The Morgan fingerprint density at radius 2 is 2.14 bits per heavy atom. The predicted molar refractivity (Wildman–Crippen MR) is 54.6 cm³/mol. The maximum atomic E-state index is 7.64. The van der Waals surface area contributed by atoms with E-state index in [1.165, 1.54) is 0 Å². The van der Waals surface area contributed by atoms with Gasteiger partial charge in [0, 0.05) is 5.22 Å². The summed E-state index contributed by atoms with van der Waals surface area (Å²) in [5, 5.41) is 9.41. The molecule has 0 saturated heterocycles. The number of ether oxygens (including phenoxy) is 1. The third-order valence-corrected chi connectivity index (χ3v) is 2.05. The Labute approximate surface area is 82.3 Å². The van der Waals surface area contributed by atoms with Crippen molar-refractivity contribution in [1.29, 1.82) is 5.41 Å². The Morgan fingerprint density at radius 1 is 1.36 bits per heavy atom. The van der Waals surface area contributed by atoms with Gasteiger partial charge >= 0.3 is 0 Å². The van der Waals surface area contributed by atoms with Crippen LogP contribution in [-0.2, 0) is 4.74 Å². The number of hydrogen-bond donors (Lipinski definition) is 1. The highest BCUT2D eigenvalue weighted by atomic mass is 16.5. The largest absolute Gasteiger partial charge is 0.489 e. The Balaban J connectivity index is 2.50. The maximum Gasteiger partial charge on any atom is 0.188 e. The number of amidine groups is 1. The summed E-state index contributed by atoms with van der Waals surface area (Å²) in [5.74, 6) is 0.849. The molecule has 0 unspecified atom stereocenters. The van der Waals surface area contributed by atoms with Crippen LogP contribution in [0.5, 0.6) is 0 Å². The molecule has 1 N–H and O–H groups in total. The Kier molecular flexibility index (Phi) is 2.31. The van der Waals surface area contributed by atoms with Gasteiger partial charge in [0.2, 0.25) is 0 Å². The van der Waals surface area contributed by atoms with E-state index < -0.39 is 0 Å². The molecule has 0 spiro atoms. The lowest BCUT2D eigenvalue weighted by Gasteiger charge is -2.03. The van der Waals surface area contributed by atoms with Crippen molar-refractivity contribution in [3.63, 3.8) is 0 Å². The molecular weight excluding hydrogens is 176 g/mol. The molecule has 3 heteroatoms. The van der Waals surface area contributed by atoms with Gasteiger partial charge in [0.25, 0.3) is 0 Å². The number of para-hydroxylation sites is 1. The average Bonchev–Trinajstić information content (AvgIpc) is 2.51. The fraction of sp³-hybridized carbons (Fsp3) is 0.273. The van der Waals surface area contributed by atoms with Crippen LogP contribution in [0.4, 0.5) is 0 Å². The number of nitrogens with one attached hydrogen (secondary N) is 1. The van der Waals surface area contributed by atoms with E-state index in [1.807, 2.05) is 31.2 Å². The zero-order valence-electron chi connectivity index (χ0n) is 8.08. The summed E-state index contributed by atoms with van der Waals surface area (Å²) in [5.41, 5.74) is 0. The van der Waals surface area contributed by atoms with Crippen molar-refractivity contribution in [1.82, 2.24) is 0 Å². The van der Waals surface area contributed by atoms with Crippen molar-refractivity contribution < 1.29 is 4.74 Å². The fourth-order valence-corrected chi connectivity index (χ4v) is 1.41. The molecule has 0 bridgehead atoms. The van der Waals surface area contributed by atoms with Gasteiger partial charge in [-0.1, -0.05) is 19.1 Å². The number of benzene rings is 1. The Morgan fingerprint density at radius 3 is 2.93 bits per heavy atom. The van der Waals surface area contributed by atoms with E-state index in [-0.39, 0.29) is 5.84 Å². The highest BCUT2D eigenvalue weighted by molar-refractivity contribution is 6.14. The fourth-order valence-electron chi connectivity index (χ4n) is 1.41. The average molecular weight is 188 g/mol. The summed E-state index contributed by atoms with van der Waals surface area (Å²) < 4.78 is 5.49. The van der Waals surface area contributed by atoms with E-state index >= 15 is 0 Å². The van der Waals surface area contributed by atoms with Crippen LogP contribution in [-0.4, -0.2) is 12.4 Å². The molecule has 0 fully saturated rings. The molecule has 1 heterocycles. The van der Waals surface area contributed by atoms with Gasteiger partial charge in [0.05, 0.1) is 12.0 Å². The smallest absolute Gasteiger partial charge is 0.188 e. The molecule has 2 rings (SSSR count). The summed E-state index contributed by atoms with van der Waals surface area (Å²) in [6, 6.07) is 7.68. The van der Waals surface area contributed by atoms with Gasteiger partial charge in [-0.05, 0) is 18.6 Å². The number of hydrogen-bond acceptors (Lipinski definition) is 2. The third-order valence-electron chi connectivity index (χ3n) is 2.05. The van der Waals surface area contributed by atoms with Gasteiger partial charge in [-0.2, -0.15) is 0 Å². The van der Waals surface area contributed by atoms with Crippen LogP contribution in [0.15, 0.2) is 29.3 Å².